The second-order valence-electron chi connectivity index (χ2n) is 12.5. The zero-order chi connectivity index (χ0) is 28.2. The summed E-state index contributed by atoms with van der Waals surface area (Å²) in [5.74, 6) is 1.19. The summed E-state index contributed by atoms with van der Waals surface area (Å²) in [7, 11) is 2.18. The molecule has 3 fully saturated rings. The molecule has 7 nitrogen and oxygen atoms in total. The first-order valence-corrected chi connectivity index (χ1v) is 15.2. The number of aryl methyl sites for hydroxylation is 3. The van der Waals surface area contributed by atoms with Gasteiger partial charge >= 0.3 is 6.03 Å². The quantitative estimate of drug-likeness (QED) is 0.453. The van der Waals surface area contributed by atoms with Crippen LogP contribution in [0.15, 0.2) is 30.3 Å². The zero-order valence-corrected chi connectivity index (χ0v) is 24.1. The number of fused-ring (bicyclic) bond motifs is 4. The van der Waals surface area contributed by atoms with Crippen molar-refractivity contribution in [2.75, 3.05) is 31.6 Å². The molecule has 3 atom stereocenters. The Morgan fingerprint density at radius 2 is 1.90 bits per heavy atom. The van der Waals surface area contributed by atoms with Gasteiger partial charge in [-0.3, -0.25) is 0 Å². The molecule has 2 N–H and O–H groups in total. The highest BCUT2D eigenvalue weighted by Crippen LogP contribution is 2.39. The number of hydrogen-bond donors (Lipinski definition) is 1. The summed E-state index contributed by atoms with van der Waals surface area (Å²) in [5, 5.41) is 0.733. The highest BCUT2D eigenvalue weighted by atomic mass is 19.1. The molecule has 0 spiro atoms. The fourth-order valence-corrected chi connectivity index (χ4v) is 7.77. The van der Waals surface area contributed by atoms with Crippen LogP contribution in [0.3, 0.4) is 0 Å². The number of halogens is 1. The van der Waals surface area contributed by atoms with Gasteiger partial charge in [-0.1, -0.05) is 35.9 Å². The van der Waals surface area contributed by atoms with Gasteiger partial charge in [-0.2, -0.15) is 0 Å². The van der Waals surface area contributed by atoms with Crippen molar-refractivity contribution in [2.45, 2.75) is 76.4 Å². The molecule has 1 aliphatic carbocycles. The van der Waals surface area contributed by atoms with Gasteiger partial charge in [0, 0.05) is 36.5 Å². The Labute approximate surface area is 241 Å². The van der Waals surface area contributed by atoms with Gasteiger partial charge in [-0.05, 0) is 88.2 Å². The first-order chi connectivity index (χ1) is 19.9. The topological polar surface area (TPSA) is 78.6 Å². The minimum atomic E-state index is -0.350. The van der Waals surface area contributed by atoms with Crippen molar-refractivity contribution in [3.05, 3.63) is 58.7 Å². The van der Waals surface area contributed by atoms with Crippen molar-refractivity contribution in [1.82, 2.24) is 19.8 Å². The predicted octanol–water partition coefficient (Wildman–Crippen LogP) is 5.46. The maximum Gasteiger partial charge on any atom is 0.315 e. The number of carbonyl (C=O) groups is 1. The van der Waals surface area contributed by atoms with Crippen LogP contribution in [0.2, 0.25) is 0 Å². The third-order valence-electron chi connectivity index (χ3n) is 9.81. The number of amides is 2. The molecule has 1 aromatic heterocycles. The van der Waals surface area contributed by atoms with Crippen molar-refractivity contribution in [3.63, 3.8) is 0 Å². The number of primary amides is 1. The van der Waals surface area contributed by atoms with Crippen LogP contribution in [0.1, 0.15) is 61.0 Å². The number of anilines is 1. The van der Waals surface area contributed by atoms with E-state index in [2.05, 4.69) is 48.1 Å². The molecule has 3 unspecified atom stereocenters. The van der Waals surface area contributed by atoms with Gasteiger partial charge in [-0.25, -0.2) is 19.2 Å². The Balaban J connectivity index is 1.33. The van der Waals surface area contributed by atoms with Crippen molar-refractivity contribution in [3.8, 4) is 11.1 Å². The van der Waals surface area contributed by atoms with Crippen LogP contribution in [0.5, 0.6) is 0 Å². The van der Waals surface area contributed by atoms with Gasteiger partial charge in [0.1, 0.15) is 17.2 Å². The SMILES string of the molecule is Cc1cc2c(c(-c3ccc4c(N5CC6CCC(C5)N6C(N)=O)nc(CCC5CCCN5C)nc4c3F)c1)C=CCC2. The summed E-state index contributed by atoms with van der Waals surface area (Å²) >= 11 is 0. The van der Waals surface area contributed by atoms with Crippen LogP contribution >= 0.6 is 0 Å². The van der Waals surface area contributed by atoms with E-state index in [1.165, 1.54) is 18.4 Å². The molecule has 4 aliphatic rings. The molecule has 2 bridgehead atoms. The lowest BCUT2D eigenvalue weighted by Crippen LogP contribution is -2.57. The predicted molar refractivity (Wildman–Crippen MR) is 161 cm³/mol. The molecule has 3 aromatic rings. The Hall–Kier alpha value is -3.52. The summed E-state index contributed by atoms with van der Waals surface area (Å²) in [4.78, 5) is 28.6. The third-order valence-corrected chi connectivity index (χ3v) is 9.81. The van der Waals surface area contributed by atoms with Gasteiger partial charge in [0.25, 0.3) is 0 Å². The van der Waals surface area contributed by atoms with Crippen LogP contribution in [0.25, 0.3) is 28.1 Å². The van der Waals surface area contributed by atoms with E-state index < -0.39 is 0 Å². The number of carbonyl (C=O) groups excluding carboxylic acids is 1. The average molecular weight is 555 g/mol. The first kappa shape index (κ1) is 26.4. The lowest BCUT2D eigenvalue weighted by atomic mass is 9.88. The molecule has 8 heteroatoms. The Morgan fingerprint density at radius 1 is 1.10 bits per heavy atom. The van der Waals surface area contributed by atoms with Crippen LogP contribution < -0.4 is 10.6 Å². The van der Waals surface area contributed by atoms with E-state index in [1.54, 1.807) is 0 Å². The van der Waals surface area contributed by atoms with E-state index >= 15 is 4.39 Å². The number of benzene rings is 2. The van der Waals surface area contributed by atoms with E-state index in [1.807, 2.05) is 17.0 Å². The molecular formula is C33H39FN6O. The number of rotatable bonds is 5. The number of nitrogens with two attached hydrogens (primary N) is 1. The van der Waals surface area contributed by atoms with Crippen LogP contribution in [0.4, 0.5) is 15.0 Å². The smallest absolute Gasteiger partial charge is 0.315 e. The fraction of sp³-hybridized carbons (Fsp3) is 0.485. The largest absolute Gasteiger partial charge is 0.352 e. The maximum atomic E-state index is 16.7. The minimum Gasteiger partial charge on any atom is -0.352 e. The molecular weight excluding hydrogens is 515 g/mol. The van der Waals surface area contributed by atoms with Crippen molar-refractivity contribution in [2.24, 2.45) is 5.73 Å². The molecule has 2 aromatic carbocycles. The van der Waals surface area contributed by atoms with Gasteiger partial charge in [0.2, 0.25) is 0 Å². The van der Waals surface area contributed by atoms with E-state index in [-0.39, 0.29) is 23.9 Å². The fourth-order valence-electron chi connectivity index (χ4n) is 7.77. The standard InChI is InChI=1S/C33H39FN6O/c1-20-16-21-6-3-4-8-25(21)28(17-20)26-12-13-27-31(30(26)34)36-29(14-11-22-7-5-15-38(22)2)37-32(27)39-18-23-9-10-24(19-39)40(23)33(35)41/h4,8,12-13,16-17,22-24H,3,5-7,9-11,14-15,18-19H2,1-2H3,(H2,35,41). The molecule has 214 valence electrons. The number of nitrogens with zero attached hydrogens (tertiary/aromatic N) is 5. The van der Waals surface area contributed by atoms with Crippen LogP contribution in [0, 0.1) is 12.7 Å². The highest BCUT2D eigenvalue weighted by molar-refractivity contribution is 5.94. The maximum absolute atomic E-state index is 16.7. The molecule has 4 heterocycles. The molecule has 41 heavy (non-hydrogen) atoms. The van der Waals surface area contributed by atoms with E-state index in [9.17, 15) is 4.79 Å². The number of urea groups is 1. The van der Waals surface area contributed by atoms with Gasteiger partial charge in [-0.15, -0.1) is 0 Å². The van der Waals surface area contributed by atoms with Crippen LogP contribution in [-0.4, -0.2) is 70.6 Å². The minimum absolute atomic E-state index is 0.0570. The number of hydrogen-bond acceptors (Lipinski definition) is 5. The summed E-state index contributed by atoms with van der Waals surface area (Å²) in [6.45, 7) is 4.50. The number of aromatic nitrogens is 2. The lowest BCUT2D eigenvalue weighted by Gasteiger charge is -2.41. The molecule has 0 radical (unpaired) electrons. The highest BCUT2D eigenvalue weighted by Gasteiger charge is 2.42. The molecule has 7 rings (SSSR count). The Bertz CT molecular complexity index is 1540. The monoisotopic (exact) mass is 554 g/mol. The van der Waals surface area contributed by atoms with Crippen molar-refractivity contribution in [1.29, 1.82) is 0 Å². The van der Waals surface area contributed by atoms with Gasteiger partial charge < -0.3 is 20.4 Å². The average Bonchev–Trinajstić information content (AvgIpc) is 3.50. The second kappa shape index (κ2) is 10.4. The Kier molecular flexibility index (Phi) is 6.69. The summed E-state index contributed by atoms with van der Waals surface area (Å²) in [5.41, 5.74) is 11.2. The summed E-state index contributed by atoms with van der Waals surface area (Å²) < 4.78 is 16.7. The zero-order valence-electron chi connectivity index (χ0n) is 24.1. The second-order valence-corrected chi connectivity index (χ2v) is 12.5. The summed E-state index contributed by atoms with van der Waals surface area (Å²) in [6.07, 6.45) is 12.2. The first-order valence-electron chi connectivity index (χ1n) is 15.2. The van der Waals surface area contributed by atoms with E-state index in [0.29, 0.717) is 42.5 Å². The number of piperazine rings is 1. The van der Waals surface area contributed by atoms with E-state index in [4.69, 9.17) is 15.7 Å². The molecule has 0 saturated carbocycles. The normalized spacial score (nSPS) is 23.9. The molecule has 2 amide bonds. The van der Waals surface area contributed by atoms with E-state index in [0.717, 1.165) is 66.5 Å². The van der Waals surface area contributed by atoms with Crippen molar-refractivity contribution < 1.29 is 9.18 Å². The van der Waals surface area contributed by atoms with Crippen LogP contribution in [-0.2, 0) is 12.8 Å². The number of likely N-dealkylation sites (tertiary alicyclic amines) is 1. The Morgan fingerprint density at radius 3 is 2.63 bits per heavy atom. The molecule has 3 aliphatic heterocycles. The molecule has 3 saturated heterocycles. The third kappa shape index (κ3) is 4.66. The number of allylic oxidation sites excluding steroid dienone is 1. The van der Waals surface area contributed by atoms with Gasteiger partial charge in [0.15, 0.2) is 5.82 Å². The summed E-state index contributed by atoms with van der Waals surface area (Å²) in [6, 6.07) is 8.50. The van der Waals surface area contributed by atoms with Gasteiger partial charge in [0.05, 0.1) is 12.1 Å². The van der Waals surface area contributed by atoms with Crippen molar-refractivity contribution >= 4 is 28.8 Å². The lowest BCUT2D eigenvalue weighted by molar-refractivity contribution is 0.171.